The van der Waals surface area contributed by atoms with Crippen LogP contribution in [0, 0.1) is 5.92 Å². The molecule has 0 saturated heterocycles. The van der Waals surface area contributed by atoms with E-state index in [4.69, 9.17) is 14.6 Å². The number of carboxylic acid groups (broad SMARTS) is 1. The van der Waals surface area contributed by atoms with Crippen molar-refractivity contribution in [3.8, 4) is 11.5 Å². The van der Waals surface area contributed by atoms with Crippen molar-refractivity contribution >= 4 is 11.9 Å². The number of aromatic carboxylic acids is 1. The number of hydrogen-bond donors (Lipinski definition) is 2. The summed E-state index contributed by atoms with van der Waals surface area (Å²) >= 11 is 0. The minimum Gasteiger partial charge on any atom is -0.493 e. The number of pyridine rings is 1. The Labute approximate surface area is 152 Å². The van der Waals surface area contributed by atoms with Crippen LogP contribution >= 0.6 is 0 Å². The van der Waals surface area contributed by atoms with Crippen LogP contribution in [-0.4, -0.2) is 42.7 Å². The number of hydrogen-bond acceptors (Lipinski definition) is 5. The molecule has 1 atom stereocenters. The van der Waals surface area contributed by atoms with Gasteiger partial charge in [-0.05, 0) is 42.2 Å². The fourth-order valence-corrected chi connectivity index (χ4v) is 2.51. The Morgan fingerprint density at radius 1 is 1.15 bits per heavy atom. The molecule has 1 heterocycles. The van der Waals surface area contributed by atoms with Gasteiger partial charge in [0.05, 0.1) is 19.8 Å². The molecule has 0 fully saturated rings. The van der Waals surface area contributed by atoms with Gasteiger partial charge in [-0.25, -0.2) is 9.78 Å². The van der Waals surface area contributed by atoms with Gasteiger partial charge in [0.1, 0.15) is 5.69 Å². The summed E-state index contributed by atoms with van der Waals surface area (Å²) in [5.41, 5.74) is 1.31. The van der Waals surface area contributed by atoms with Crippen LogP contribution in [0.15, 0.2) is 36.5 Å². The van der Waals surface area contributed by atoms with Crippen molar-refractivity contribution in [1.29, 1.82) is 0 Å². The highest BCUT2D eigenvalue weighted by Crippen LogP contribution is 2.28. The Balaban J connectivity index is 1.90. The minimum absolute atomic E-state index is 0.0941. The van der Waals surface area contributed by atoms with Crippen LogP contribution < -0.4 is 14.8 Å². The number of carboxylic acids is 1. The summed E-state index contributed by atoms with van der Waals surface area (Å²) in [5, 5.41) is 11.7. The second-order valence-electron chi connectivity index (χ2n) is 5.95. The van der Waals surface area contributed by atoms with Crippen LogP contribution in [0.3, 0.4) is 0 Å². The Kier molecular flexibility index (Phi) is 6.54. The van der Waals surface area contributed by atoms with Gasteiger partial charge in [-0.2, -0.15) is 0 Å². The Hall–Kier alpha value is -3.09. The number of nitrogens with zero attached hydrogens (tertiary/aromatic N) is 1. The van der Waals surface area contributed by atoms with Crippen molar-refractivity contribution in [3.63, 3.8) is 0 Å². The van der Waals surface area contributed by atoms with E-state index in [1.165, 1.54) is 18.3 Å². The molecular formula is C19H22N2O5. The van der Waals surface area contributed by atoms with Gasteiger partial charge in [-0.3, -0.25) is 4.79 Å². The van der Waals surface area contributed by atoms with Gasteiger partial charge < -0.3 is 19.9 Å². The molecule has 0 aliphatic heterocycles. The van der Waals surface area contributed by atoms with E-state index in [0.717, 1.165) is 12.0 Å². The van der Waals surface area contributed by atoms with Crippen molar-refractivity contribution in [3.05, 3.63) is 53.3 Å². The average Bonchev–Trinajstić information content (AvgIpc) is 2.66. The summed E-state index contributed by atoms with van der Waals surface area (Å²) in [6, 6.07) is 8.50. The molecule has 0 aliphatic rings. The lowest BCUT2D eigenvalue weighted by Gasteiger charge is -2.14. The summed E-state index contributed by atoms with van der Waals surface area (Å²) in [5.74, 6) is 0.137. The monoisotopic (exact) mass is 358 g/mol. The van der Waals surface area contributed by atoms with Crippen LogP contribution in [0.5, 0.6) is 11.5 Å². The van der Waals surface area contributed by atoms with Gasteiger partial charge in [0.25, 0.3) is 5.91 Å². The Morgan fingerprint density at radius 2 is 1.88 bits per heavy atom. The number of rotatable bonds is 8. The molecule has 2 rings (SSSR count). The van der Waals surface area contributed by atoms with Gasteiger partial charge in [-0.1, -0.05) is 13.0 Å². The maximum absolute atomic E-state index is 12.1. The lowest BCUT2D eigenvalue weighted by Crippen LogP contribution is -2.29. The number of benzene rings is 1. The fourth-order valence-electron chi connectivity index (χ4n) is 2.51. The molecule has 0 spiro atoms. The fraction of sp³-hybridized carbons (Fsp3) is 0.316. The molecule has 1 unspecified atom stereocenters. The Bertz CT molecular complexity index is 774. The molecule has 7 nitrogen and oxygen atoms in total. The summed E-state index contributed by atoms with van der Waals surface area (Å²) in [4.78, 5) is 26.7. The van der Waals surface area contributed by atoms with Crippen LogP contribution in [0.25, 0.3) is 0 Å². The van der Waals surface area contributed by atoms with E-state index in [9.17, 15) is 9.59 Å². The van der Waals surface area contributed by atoms with E-state index in [0.29, 0.717) is 23.6 Å². The standard InChI is InChI=1S/C19H22N2O5/c1-12(8-13-4-7-16(25-2)17(9-13)26-3)10-21-18(22)14-5-6-15(19(23)24)20-11-14/h4-7,9,11-12H,8,10H2,1-3H3,(H,21,22)(H,23,24). The van der Waals surface area contributed by atoms with E-state index in [1.807, 2.05) is 25.1 Å². The quantitative estimate of drug-likeness (QED) is 0.752. The summed E-state index contributed by atoms with van der Waals surface area (Å²) in [6.45, 7) is 2.51. The first kappa shape index (κ1) is 19.2. The van der Waals surface area contributed by atoms with E-state index in [2.05, 4.69) is 10.3 Å². The van der Waals surface area contributed by atoms with Gasteiger partial charge in [-0.15, -0.1) is 0 Å². The summed E-state index contributed by atoms with van der Waals surface area (Å²) < 4.78 is 10.5. The molecular weight excluding hydrogens is 336 g/mol. The van der Waals surface area contributed by atoms with E-state index >= 15 is 0 Å². The van der Waals surface area contributed by atoms with Gasteiger partial charge in [0.2, 0.25) is 0 Å². The van der Waals surface area contributed by atoms with Crippen molar-refractivity contribution in [2.24, 2.45) is 5.92 Å². The number of ether oxygens (including phenoxy) is 2. The summed E-state index contributed by atoms with van der Waals surface area (Å²) in [7, 11) is 3.18. The zero-order valence-corrected chi connectivity index (χ0v) is 15.0. The second kappa shape index (κ2) is 8.84. The normalized spacial score (nSPS) is 11.5. The third-order valence-electron chi connectivity index (χ3n) is 3.89. The number of aromatic nitrogens is 1. The average molecular weight is 358 g/mol. The molecule has 0 aliphatic carbocycles. The number of amides is 1. The number of nitrogens with one attached hydrogen (secondary N) is 1. The smallest absolute Gasteiger partial charge is 0.354 e. The zero-order chi connectivity index (χ0) is 19.1. The molecule has 0 radical (unpaired) electrons. The first-order valence-corrected chi connectivity index (χ1v) is 8.13. The highest BCUT2D eigenvalue weighted by Gasteiger charge is 2.12. The Morgan fingerprint density at radius 3 is 2.46 bits per heavy atom. The highest BCUT2D eigenvalue weighted by molar-refractivity contribution is 5.94. The predicted molar refractivity (Wildman–Crippen MR) is 95.9 cm³/mol. The molecule has 7 heteroatoms. The van der Waals surface area contributed by atoms with Crippen LogP contribution in [-0.2, 0) is 6.42 Å². The molecule has 1 amide bonds. The number of carbonyl (C=O) groups excluding carboxylic acids is 1. The molecule has 26 heavy (non-hydrogen) atoms. The maximum Gasteiger partial charge on any atom is 0.354 e. The summed E-state index contributed by atoms with van der Waals surface area (Å²) in [6.07, 6.45) is 2.02. The molecule has 138 valence electrons. The molecule has 0 saturated carbocycles. The predicted octanol–water partition coefficient (Wildman–Crippen LogP) is 2.41. The van der Waals surface area contributed by atoms with E-state index < -0.39 is 5.97 Å². The number of carbonyl (C=O) groups is 2. The molecule has 1 aromatic carbocycles. The van der Waals surface area contributed by atoms with Crippen molar-refractivity contribution in [1.82, 2.24) is 10.3 Å². The van der Waals surface area contributed by atoms with Gasteiger partial charge >= 0.3 is 5.97 Å². The first-order chi connectivity index (χ1) is 12.4. The highest BCUT2D eigenvalue weighted by atomic mass is 16.5. The number of methoxy groups -OCH3 is 2. The largest absolute Gasteiger partial charge is 0.493 e. The second-order valence-corrected chi connectivity index (χ2v) is 5.95. The first-order valence-electron chi connectivity index (χ1n) is 8.13. The lowest BCUT2D eigenvalue weighted by atomic mass is 10.0. The van der Waals surface area contributed by atoms with Crippen LogP contribution in [0.2, 0.25) is 0 Å². The molecule has 1 aromatic heterocycles. The molecule has 0 bridgehead atoms. The van der Waals surface area contributed by atoms with Crippen molar-refractivity contribution in [2.45, 2.75) is 13.3 Å². The van der Waals surface area contributed by atoms with Crippen molar-refractivity contribution in [2.75, 3.05) is 20.8 Å². The zero-order valence-electron chi connectivity index (χ0n) is 15.0. The van der Waals surface area contributed by atoms with E-state index in [1.54, 1.807) is 14.2 Å². The van der Waals surface area contributed by atoms with E-state index in [-0.39, 0.29) is 17.5 Å². The van der Waals surface area contributed by atoms with Gasteiger partial charge in [0, 0.05) is 12.7 Å². The lowest BCUT2D eigenvalue weighted by molar-refractivity contribution is 0.0689. The van der Waals surface area contributed by atoms with Crippen LogP contribution in [0.4, 0.5) is 0 Å². The van der Waals surface area contributed by atoms with Crippen molar-refractivity contribution < 1.29 is 24.2 Å². The molecule has 2 aromatic rings. The SMILES string of the molecule is COc1ccc(CC(C)CNC(=O)c2ccc(C(=O)O)nc2)cc1OC. The topological polar surface area (TPSA) is 97.8 Å². The van der Waals surface area contributed by atoms with Gasteiger partial charge in [0.15, 0.2) is 11.5 Å². The minimum atomic E-state index is -1.12. The third kappa shape index (κ3) is 4.95. The molecule has 2 N–H and O–H groups in total. The maximum atomic E-state index is 12.1. The van der Waals surface area contributed by atoms with Crippen LogP contribution in [0.1, 0.15) is 33.3 Å². The third-order valence-corrected chi connectivity index (χ3v) is 3.89.